The molecular weight excluding hydrogens is 237 g/mol. The molecule has 1 rings (SSSR count). The van der Waals surface area contributed by atoms with Gasteiger partial charge in [-0.25, -0.2) is 4.98 Å². The molecule has 0 spiro atoms. The molecule has 1 amide bonds. The molecule has 0 aliphatic carbocycles. The molecule has 2 N–H and O–H groups in total. The lowest BCUT2D eigenvalue weighted by Crippen LogP contribution is -2.36. The van der Waals surface area contributed by atoms with E-state index in [1.165, 1.54) is 13.8 Å². The van der Waals surface area contributed by atoms with E-state index in [1.54, 1.807) is 0 Å². The summed E-state index contributed by atoms with van der Waals surface area (Å²) >= 11 is 0. The van der Waals surface area contributed by atoms with Gasteiger partial charge in [0.25, 0.3) is 5.91 Å². The van der Waals surface area contributed by atoms with Crippen LogP contribution in [0.25, 0.3) is 0 Å². The van der Waals surface area contributed by atoms with Crippen LogP contribution in [0.5, 0.6) is 0 Å². The first-order valence-electron chi connectivity index (χ1n) is 4.68. The number of halogens is 3. The van der Waals surface area contributed by atoms with Crippen molar-refractivity contribution in [1.82, 2.24) is 4.98 Å². The Bertz CT molecular complexity index is 407. The monoisotopic (exact) mass is 248 g/mol. The number of nitrogens with one attached hydrogen (secondary N) is 1. The second kappa shape index (κ2) is 4.33. The van der Waals surface area contributed by atoms with E-state index in [9.17, 15) is 23.1 Å². The third kappa shape index (κ3) is 3.70. The minimum absolute atomic E-state index is 0.0881. The minimum Gasteiger partial charge on any atom is -0.381 e. The number of nitrogens with zero attached hydrogens (tertiary/aromatic N) is 1. The Kier molecular flexibility index (Phi) is 3.42. The highest BCUT2D eigenvalue weighted by Crippen LogP contribution is 2.27. The number of carbonyl (C=O) groups excluding carboxylic acids is 1. The quantitative estimate of drug-likeness (QED) is 0.839. The Morgan fingerprint density at radius 3 is 2.29 bits per heavy atom. The van der Waals surface area contributed by atoms with Crippen molar-refractivity contribution in [3.63, 3.8) is 0 Å². The number of carbonyl (C=O) groups is 1. The van der Waals surface area contributed by atoms with Crippen molar-refractivity contribution in [3.05, 3.63) is 24.0 Å². The van der Waals surface area contributed by atoms with E-state index in [0.717, 1.165) is 18.3 Å². The van der Waals surface area contributed by atoms with Crippen LogP contribution in [0.4, 0.5) is 18.9 Å². The van der Waals surface area contributed by atoms with Crippen molar-refractivity contribution < 1.29 is 23.1 Å². The lowest BCUT2D eigenvalue weighted by Gasteiger charge is -2.16. The summed E-state index contributed by atoms with van der Waals surface area (Å²) in [6, 6.07) is 1.82. The summed E-state index contributed by atoms with van der Waals surface area (Å²) in [5.41, 5.74) is -2.56. The van der Waals surface area contributed by atoms with Crippen LogP contribution in [0.2, 0.25) is 0 Å². The van der Waals surface area contributed by atoms with Crippen LogP contribution < -0.4 is 5.32 Å². The van der Waals surface area contributed by atoms with Gasteiger partial charge in [-0.1, -0.05) is 0 Å². The first kappa shape index (κ1) is 13.4. The van der Waals surface area contributed by atoms with Gasteiger partial charge in [-0.15, -0.1) is 0 Å². The summed E-state index contributed by atoms with van der Waals surface area (Å²) in [4.78, 5) is 14.5. The van der Waals surface area contributed by atoms with Crippen LogP contribution in [0.1, 0.15) is 19.5 Å². The Balaban J connectivity index is 2.80. The van der Waals surface area contributed by atoms with E-state index in [1.807, 2.05) is 0 Å². The van der Waals surface area contributed by atoms with Crippen LogP contribution in [-0.2, 0) is 11.0 Å². The average Bonchev–Trinajstić information content (AvgIpc) is 2.15. The summed E-state index contributed by atoms with van der Waals surface area (Å²) in [6.07, 6.45) is -3.63. The molecule has 4 nitrogen and oxygen atoms in total. The molecule has 0 aromatic carbocycles. The molecule has 7 heteroatoms. The zero-order valence-electron chi connectivity index (χ0n) is 9.17. The van der Waals surface area contributed by atoms with Crippen LogP contribution in [0.15, 0.2) is 18.3 Å². The Labute approximate surface area is 95.5 Å². The standard InChI is InChI=1S/C10H11F3N2O2/c1-9(2,17)8(16)15-6-3-4-7(14-5-6)10(11,12)13/h3-5,17H,1-2H3,(H,15,16). The van der Waals surface area contributed by atoms with Gasteiger partial charge in [-0.3, -0.25) is 4.79 Å². The fourth-order valence-corrected chi connectivity index (χ4v) is 0.920. The second-order valence-electron chi connectivity index (χ2n) is 3.94. The molecule has 0 bridgehead atoms. The zero-order chi connectivity index (χ0) is 13.3. The zero-order valence-corrected chi connectivity index (χ0v) is 9.17. The van der Waals surface area contributed by atoms with E-state index in [0.29, 0.717) is 0 Å². The third-order valence-corrected chi connectivity index (χ3v) is 1.87. The molecule has 0 aliphatic rings. The summed E-state index contributed by atoms with van der Waals surface area (Å²) in [6.45, 7) is 2.53. The highest BCUT2D eigenvalue weighted by Gasteiger charge is 2.32. The molecule has 1 aromatic rings. The van der Waals surface area contributed by atoms with E-state index >= 15 is 0 Å². The largest absolute Gasteiger partial charge is 0.433 e. The smallest absolute Gasteiger partial charge is 0.381 e. The predicted octanol–water partition coefficient (Wildman–Crippen LogP) is 1.81. The molecule has 94 valence electrons. The van der Waals surface area contributed by atoms with Gasteiger partial charge in [0, 0.05) is 0 Å². The number of aliphatic hydroxyl groups is 1. The molecule has 0 saturated heterocycles. The normalized spacial score (nSPS) is 12.4. The van der Waals surface area contributed by atoms with Gasteiger partial charge in [0.05, 0.1) is 11.9 Å². The van der Waals surface area contributed by atoms with E-state index in [-0.39, 0.29) is 5.69 Å². The number of aromatic nitrogens is 1. The van der Waals surface area contributed by atoms with Gasteiger partial charge in [0.2, 0.25) is 0 Å². The SMILES string of the molecule is CC(C)(O)C(=O)Nc1ccc(C(F)(F)F)nc1. The number of rotatable bonds is 2. The van der Waals surface area contributed by atoms with Crippen LogP contribution in [0, 0.1) is 0 Å². The summed E-state index contributed by atoms with van der Waals surface area (Å²) in [7, 11) is 0. The summed E-state index contributed by atoms with van der Waals surface area (Å²) < 4.78 is 36.5. The highest BCUT2D eigenvalue weighted by molar-refractivity contribution is 5.96. The summed E-state index contributed by atoms with van der Waals surface area (Å²) in [5, 5.41) is 11.6. The van der Waals surface area contributed by atoms with Gasteiger partial charge < -0.3 is 10.4 Å². The van der Waals surface area contributed by atoms with Crippen molar-refractivity contribution in [2.24, 2.45) is 0 Å². The molecule has 0 aliphatic heterocycles. The molecule has 0 unspecified atom stereocenters. The minimum atomic E-state index is -4.52. The molecule has 1 heterocycles. The van der Waals surface area contributed by atoms with Crippen molar-refractivity contribution in [3.8, 4) is 0 Å². The number of alkyl halides is 3. The van der Waals surface area contributed by atoms with E-state index in [4.69, 9.17) is 0 Å². The number of hydrogen-bond acceptors (Lipinski definition) is 3. The lowest BCUT2D eigenvalue weighted by molar-refractivity contribution is -0.141. The topological polar surface area (TPSA) is 62.2 Å². The molecule has 0 atom stereocenters. The van der Waals surface area contributed by atoms with Gasteiger partial charge in [0.15, 0.2) is 0 Å². The van der Waals surface area contributed by atoms with Crippen molar-refractivity contribution >= 4 is 11.6 Å². The first-order valence-corrected chi connectivity index (χ1v) is 4.68. The van der Waals surface area contributed by atoms with Crippen LogP contribution >= 0.6 is 0 Å². The summed E-state index contributed by atoms with van der Waals surface area (Å²) in [5.74, 6) is -0.723. The molecular formula is C10H11F3N2O2. The number of hydrogen-bond donors (Lipinski definition) is 2. The molecule has 1 aromatic heterocycles. The highest BCUT2D eigenvalue weighted by atomic mass is 19.4. The Morgan fingerprint density at radius 1 is 1.35 bits per heavy atom. The molecule has 0 saturated carbocycles. The second-order valence-corrected chi connectivity index (χ2v) is 3.94. The van der Waals surface area contributed by atoms with E-state index < -0.39 is 23.4 Å². The van der Waals surface area contributed by atoms with Crippen LogP contribution in [0.3, 0.4) is 0 Å². The van der Waals surface area contributed by atoms with Crippen molar-refractivity contribution in [1.29, 1.82) is 0 Å². The number of anilines is 1. The fraction of sp³-hybridized carbons (Fsp3) is 0.400. The third-order valence-electron chi connectivity index (χ3n) is 1.87. The maximum absolute atomic E-state index is 12.2. The molecule has 0 radical (unpaired) electrons. The maximum atomic E-state index is 12.2. The van der Waals surface area contributed by atoms with Gasteiger partial charge in [-0.2, -0.15) is 13.2 Å². The fourth-order valence-electron chi connectivity index (χ4n) is 0.920. The molecule has 0 fully saturated rings. The lowest BCUT2D eigenvalue weighted by atomic mass is 10.1. The van der Waals surface area contributed by atoms with Crippen LogP contribution in [-0.4, -0.2) is 21.6 Å². The Morgan fingerprint density at radius 2 is 1.94 bits per heavy atom. The van der Waals surface area contributed by atoms with Crippen molar-refractivity contribution in [2.75, 3.05) is 5.32 Å². The van der Waals surface area contributed by atoms with Crippen molar-refractivity contribution in [2.45, 2.75) is 25.6 Å². The van der Waals surface area contributed by atoms with Gasteiger partial charge in [0.1, 0.15) is 11.3 Å². The number of pyridine rings is 1. The first-order chi connectivity index (χ1) is 7.60. The van der Waals surface area contributed by atoms with Gasteiger partial charge >= 0.3 is 6.18 Å². The predicted molar refractivity (Wildman–Crippen MR) is 54.2 cm³/mol. The number of amides is 1. The Hall–Kier alpha value is -1.63. The van der Waals surface area contributed by atoms with E-state index in [2.05, 4.69) is 10.3 Å². The van der Waals surface area contributed by atoms with Gasteiger partial charge in [-0.05, 0) is 26.0 Å². The average molecular weight is 248 g/mol. The maximum Gasteiger partial charge on any atom is 0.433 e. The molecule has 17 heavy (non-hydrogen) atoms.